The Balaban J connectivity index is -0.0000000300. The normalized spacial score (nSPS) is 6.00. The van der Waals surface area contributed by atoms with Crippen LogP contribution < -0.4 is 0 Å². The molecule has 0 aliphatic heterocycles. The predicted molar refractivity (Wildman–Crippen MR) is 47.9 cm³/mol. The summed E-state index contributed by atoms with van der Waals surface area (Å²) in [4.78, 5) is 0. The zero-order chi connectivity index (χ0) is 6.83. The van der Waals surface area contributed by atoms with Crippen LogP contribution in [0, 0.1) is 13.8 Å². The van der Waals surface area contributed by atoms with Gasteiger partial charge in [0.1, 0.15) is 0 Å². The molecular formula is C8H18SZn-2. The third-order valence-electron chi connectivity index (χ3n) is 0.707. The average molecular weight is 212 g/mol. The van der Waals surface area contributed by atoms with Gasteiger partial charge in [0.2, 0.25) is 0 Å². The molecule has 0 saturated carbocycles. The Hall–Kier alpha value is 0.973. The minimum Gasteiger partial charge on any atom is -2.00 e. The molecule has 0 N–H and O–H groups in total. The van der Waals surface area contributed by atoms with Gasteiger partial charge in [-0.15, -0.1) is 0 Å². The minimum atomic E-state index is 0. The van der Waals surface area contributed by atoms with Crippen molar-refractivity contribution in [2.75, 3.05) is 0 Å². The van der Waals surface area contributed by atoms with Crippen molar-refractivity contribution < 1.29 is 19.5 Å². The van der Waals surface area contributed by atoms with Gasteiger partial charge in [-0.3, -0.25) is 0 Å². The molecule has 0 amide bonds. The summed E-state index contributed by atoms with van der Waals surface area (Å²) in [6.07, 6.45) is 4.56. The Morgan fingerprint density at radius 2 is 1.00 bits per heavy atom. The maximum Gasteiger partial charge on any atom is 2.00 e. The first kappa shape index (κ1) is 22.4. The molecule has 0 atom stereocenters. The summed E-state index contributed by atoms with van der Waals surface area (Å²) in [7, 11) is 0. The third kappa shape index (κ3) is 64.5. The number of rotatable bonds is 2. The SMILES string of the molecule is [CH2-]CCC.[CH2-]CCC.[S-2].[Zn+2]. The first-order valence-corrected chi connectivity index (χ1v) is 3.41. The van der Waals surface area contributed by atoms with Crippen molar-refractivity contribution >= 4 is 13.5 Å². The summed E-state index contributed by atoms with van der Waals surface area (Å²) < 4.78 is 0. The van der Waals surface area contributed by atoms with Crippen LogP contribution in [0.15, 0.2) is 0 Å². The van der Waals surface area contributed by atoms with Crippen LogP contribution in [0.25, 0.3) is 0 Å². The Morgan fingerprint density at radius 1 is 0.900 bits per heavy atom. The zero-order valence-corrected chi connectivity index (χ0v) is 11.1. The van der Waals surface area contributed by atoms with Gasteiger partial charge in [-0.1, -0.05) is 26.7 Å². The largest absolute Gasteiger partial charge is 2.00 e. The fourth-order valence-electron chi connectivity index (χ4n) is 0. The summed E-state index contributed by atoms with van der Waals surface area (Å²) >= 11 is 0. The Morgan fingerprint density at radius 3 is 1.00 bits per heavy atom. The first-order valence-electron chi connectivity index (χ1n) is 3.41. The number of hydrogen-bond acceptors (Lipinski definition) is 0. The van der Waals surface area contributed by atoms with E-state index in [0.29, 0.717) is 0 Å². The van der Waals surface area contributed by atoms with Gasteiger partial charge in [-0.05, 0) is 0 Å². The third-order valence-corrected chi connectivity index (χ3v) is 0.707. The molecule has 0 bridgehead atoms. The van der Waals surface area contributed by atoms with Crippen LogP contribution in [0.1, 0.15) is 39.5 Å². The molecular weight excluding hydrogens is 194 g/mol. The molecule has 0 spiro atoms. The average Bonchev–Trinajstić information content (AvgIpc) is 1.88. The molecule has 0 aliphatic carbocycles. The molecule has 0 aromatic carbocycles. The molecule has 0 unspecified atom stereocenters. The van der Waals surface area contributed by atoms with Crippen LogP contribution >= 0.6 is 0 Å². The van der Waals surface area contributed by atoms with E-state index in [1.54, 1.807) is 0 Å². The van der Waals surface area contributed by atoms with Gasteiger partial charge < -0.3 is 27.3 Å². The van der Waals surface area contributed by atoms with E-state index in [-0.39, 0.29) is 33.0 Å². The van der Waals surface area contributed by atoms with Crippen molar-refractivity contribution in [1.29, 1.82) is 0 Å². The first-order chi connectivity index (χ1) is 3.83. The Kier molecular flexibility index (Phi) is 72.9. The number of hydrogen-bond donors (Lipinski definition) is 0. The second-order valence-electron chi connectivity index (χ2n) is 1.71. The van der Waals surface area contributed by atoms with Gasteiger partial charge in [0.15, 0.2) is 0 Å². The van der Waals surface area contributed by atoms with Gasteiger partial charge in [0, 0.05) is 0 Å². The second kappa shape index (κ2) is 32.5. The molecule has 2 heteroatoms. The van der Waals surface area contributed by atoms with E-state index in [4.69, 9.17) is 0 Å². The van der Waals surface area contributed by atoms with E-state index in [0.717, 1.165) is 12.8 Å². The molecule has 0 nitrogen and oxygen atoms in total. The van der Waals surface area contributed by atoms with Crippen molar-refractivity contribution in [2.45, 2.75) is 39.5 Å². The van der Waals surface area contributed by atoms with Crippen LogP contribution in [-0.2, 0) is 33.0 Å². The van der Waals surface area contributed by atoms with Gasteiger partial charge in [-0.25, -0.2) is 0 Å². The summed E-state index contributed by atoms with van der Waals surface area (Å²) in [6, 6.07) is 0. The van der Waals surface area contributed by atoms with E-state index in [1.807, 2.05) is 0 Å². The maximum absolute atomic E-state index is 3.60. The molecule has 0 aliphatic rings. The molecule has 0 radical (unpaired) electrons. The zero-order valence-electron chi connectivity index (χ0n) is 7.36. The van der Waals surface area contributed by atoms with E-state index >= 15 is 0 Å². The molecule has 60 valence electrons. The summed E-state index contributed by atoms with van der Waals surface area (Å²) in [5.41, 5.74) is 0. The summed E-state index contributed by atoms with van der Waals surface area (Å²) in [6.45, 7) is 11.4. The van der Waals surface area contributed by atoms with E-state index in [9.17, 15) is 0 Å². The topological polar surface area (TPSA) is 0 Å². The van der Waals surface area contributed by atoms with Gasteiger partial charge in [0.25, 0.3) is 0 Å². The van der Waals surface area contributed by atoms with Crippen molar-refractivity contribution in [1.82, 2.24) is 0 Å². The van der Waals surface area contributed by atoms with Crippen LogP contribution in [-0.4, -0.2) is 0 Å². The minimum absolute atomic E-state index is 0. The fraction of sp³-hybridized carbons (Fsp3) is 0.750. The number of unbranched alkanes of at least 4 members (excludes halogenated alkanes) is 2. The van der Waals surface area contributed by atoms with Crippen LogP contribution in [0.4, 0.5) is 0 Å². The Bertz CT molecular complexity index is 17.2. The monoisotopic (exact) mass is 210 g/mol. The Labute approximate surface area is 86.4 Å². The standard InChI is InChI=1S/2C4H9.S.Zn/c2*1-3-4-2;;/h2*1,3-4H2,2H3;;/q2*-1;-2;+2. The molecule has 0 fully saturated rings. The van der Waals surface area contributed by atoms with Crippen molar-refractivity contribution in [3.05, 3.63) is 13.8 Å². The van der Waals surface area contributed by atoms with Gasteiger partial charge in [0.05, 0.1) is 0 Å². The van der Waals surface area contributed by atoms with E-state index in [2.05, 4.69) is 27.7 Å². The van der Waals surface area contributed by atoms with Crippen molar-refractivity contribution in [3.63, 3.8) is 0 Å². The van der Waals surface area contributed by atoms with Crippen LogP contribution in [0.2, 0.25) is 0 Å². The smallest absolute Gasteiger partial charge is 2.00 e. The van der Waals surface area contributed by atoms with E-state index in [1.165, 1.54) is 12.8 Å². The molecule has 0 aromatic heterocycles. The van der Waals surface area contributed by atoms with Crippen molar-refractivity contribution in [3.8, 4) is 0 Å². The predicted octanol–water partition coefficient (Wildman–Crippen LogP) is 3.24. The van der Waals surface area contributed by atoms with E-state index < -0.39 is 0 Å². The van der Waals surface area contributed by atoms with Gasteiger partial charge >= 0.3 is 19.5 Å². The van der Waals surface area contributed by atoms with Gasteiger partial charge in [-0.2, -0.15) is 12.8 Å². The van der Waals surface area contributed by atoms with Crippen LogP contribution in [0.3, 0.4) is 0 Å². The summed E-state index contributed by atoms with van der Waals surface area (Å²) in [5.74, 6) is 0. The molecule has 10 heavy (non-hydrogen) atoms. The molecule has 0 heterocycles. The molecule has 0 aromatic rings. The van der Waals surface area contributed by atoms with Crippen LogP contribution in [0.5, 0.6) is 0 Å². The summed E-state index contributed by atoms with van der Waals surface area (Å²) in [5, 5.41) is 0. The maximum atomic E-state index is 3.60. The second-order valence-corrected chi connectivity index (χ2v) is 1.71. The molecule has 0 rings (SSSR count). The van der Waals surface area contributed by atoms with Crippen molar-refractivity contribution in [2.24, 2.45) is 0 Å². The molecule has 0 saturated heterocycles. The quantitative estimate of drug-likeness (QED) is 0.486. The fourth-order valence-corrected chi connectivity index (χ4v) is 0.